The van der Waals surface area contributed by atoms with Crippen LogP contribution >= 0.6 is 0 Å². The van der Waals surface area contributed by atoms with E-state index >= 15 is 0 Å². The summed E-state index contributed by atoms with van der Waals surface area (Å²) in [5, 5.41) is 10.8. The SMILES string of the molecule is CNC(=O)C(C)NS(=O)(=O)c1ccc(OCC(=O)O)cc1. The predicted molar refractivity (Wildman–Crippen MR) is 73.4 cm³/mol. The Labute approximate surface area is 122 Å². The van der Waals surface area contributed by atoms with Gasteiger partial charge in [-0.25, -0.2) is 13.2 Å². The molecule has 0 radical (unpaired) electrons. The minimum Gasteiger partial charge on any atom is -0.482 e. The van der Waals surface area contributed by atoms with Crippen molar-refractivity contribution in [2.75, 3.05) is 13.7 Å². The number of rotatable bonds is 7. The first-order valence-electron chi connectivity index (χ1n) is 5.95. The van der Waals surface area contributed by atoms with E-state index in [0.717, 1.165) is 0 Å². The van der Waals surface area contributed by atoms with E-state index in [2.05, 4.69) is 10.0 Å². The predicted octanol–water partition coefficient (Wildman–Crippen LogP) is -0.437. The third-order valence-corrected chi connectivity index (χ3v) is 4.02. The maximum atomic E-state index is 12.0. The average molecular weight is 316 g/mol. The summed E-state index contributed by atoms with van der Waals surface area (Å²) in [5.41, 5.74) is 0. The average Bonchev–Trinajstić information content (AvgIpc) is 2.44. The second-order valence-electron chi connectivity index (χ2n) is 4.11. The number of ether oxygens (including phenoxy) is 1. The van der Waals surface area contributed by atoms with Crippen LogP contribution in [0.4, 0.5) is 0 Å². The minimum atomic E-state index is -3.85. The summed E-state index contributed by atoms with van der Waals surface area (Å²) >= 11 is 0. The minimum absolute atomic E-state index is 0.0547. The number of hydrogen-bond acceptors (Lipinski definition) is 5. The van der Waals surface area contributed by atoms with Crippen molar-refractivity contribution < 1.29 is 27.9 Å². The van der Waals surface area contributed by atoms with Crippen molar-refractivity contribution >= 4 is 21.9 Å². The Morgan fingerprint density at radius 1 is 1.29 bits per heavy atom. The molecule has 116 valence electrons. The molecule has 0 fully saturated rings. The number of carboxylic acid groups (broad SMARTS) is 1. The molecule has 1 rings (SSSR count). The van der Waals surface area contributed by atoms with Crippen LogP contribution in [-0.2, 0) is 19.6 Å². The molecule has 3 N–H and O–H groups in total. The molecule has 0 aliphatic rings. The lowest BCUT2D eigenvalue weighted by atomic mass is 10.3. The second-order valence-corrected chi connectivity index (χ2v) is 5.83. The lowest BCUT2D eigenvalue weighted by molar-refractivity contribution is -0.139. The van der Waals surface area contributed by atoms with Gasteiger partial charge < -0.3 is 15.2 Å². The Kier molecular flexibility index (Phi) is 5.68. The molecule has 0 spiro atoms. The summed E-state index contributed by atoms with van der Waals surface area (Å²) in [5.74, 6) is -1.36. The molecule has 1 unspecified atom stereocenters. The zero-order valence-electron chi connectivity index (χ0n) is 11.5. The highest BCUT2D eigenvalue weighted by atomic mass is 32.2. The monoisotopic (exact) mass is 316 g/mol. The van der Waals surface area contributed by atoms with Crippen molar-refractivity contribution in [1.29, 1.82) is 0 Å². The smallest absolute Gasteiger partial charge is 0.341 e. The zero-order valence-corrected chi connectivity index (χ0v) is 12.3. The van der Waals surface area contributed by atoms with Crippen LogP contribution in [0.15, 0.2) is 29.2 Å². The van der Waals surface area contributed by atoms with Gasteiger partial charge in [0, 0.05) is 7.05 Å². The van der Waals surface area contributed by atoms with Gasteiger partial charge in [0.1, 0.15) is 5.75 Å². The number of nitrogens with one attached hydrogen (secondary N) is 2. The van der Waals surface area contributed by atoms with E-state index in [1.165, 1.54) is 38.2 Å². The molecule has 0 heterocycles. The molecule has 0 aromatic heterocycles. The van der Waals surface area contributed by atoms with Crippen molar-refractivity contribution in [1.82, 2.24) is 10.0 Å². The lowest BCUT2D eigenvalue weighted by Gasteiger charge is -2.13. The third-order valence-electron chi connectivity index (χ3n) is 2.47. The first kappa shape index (κ1) is 16.9. The van der Waals surface area contributed by atoms with Crippen molar-refractivity contribution in [3.8, 4) is 5.75 Å². The van der Waals surface area contributed by atoms with Gasteiger partial charge in [0.25, 0.3) is 0 Å². The maximum Gasteiger partial charge on any atom is 0.341 e. The molecule has 1 amide bonds. The summed E-state index contributed by atoms with van der Waals surface area (Å²) in [6.45, 7) is 0.902. The molecule has 0 saturated heterocycles. The lowest BCUT2D eigenvalue weighted by Crippen LogP contribution is -2.43. The molecule has 0 aliphatic heterocycles. The summed E-state index contributed by atoms with van der Waals surface area (Å²) in [6.07, 6.45) is 0. The van der Waals surface area contributed by atoms with Crippen LogP contribution in [0.1, 0.15) is 6.92 Å². The van der Waals surface area contributed by atoms with Crippen LogP contribution in [0.2, 0.25) is 0 Å². The normalized spacial score (nSPS) is 12.5. The first-order valence-corrected chi connectivity index (χ1v) is 7.43. The topological polar surface area (TPSA) is 122 Å². The van der Waals surface area contributed by atoms with Crippen LogP contribution in [0.3, 0.4) is 0 Å². The van der Waals surface area contributed by atoms with E-state index in [0.29, 0.717) is 0 Å². The summed E-state index contributed by atoms with van der Waals surface area (Å²) < 4.78 is 31.1. The summed E-state index contributed by atoms with van der Waals surface area (Å²) in [6, 6.07) is 4.28. The standard InChI is InChI=1S/C12H16N2O6S/c1-8(12(17)13-2)14-21(18,19)10-5-3-9(4-6-10)20-7-11(15)16/h3-6,8,14H,7H2,1-2H3,(H,13,17)(H,15,16). The highest BCUT2D eigenvalue weighted by molar-refractivity contribution is 7.89. The Bertz CT molecular complexity index is 611. The van der Waals surface area contributed by atoms with Crippen molar-refractivity contribution in [3.05, 3.63) is 24.3 Å². The van der Waals surface area contributed by atoms with E-state index in [-0.39, 0.29) is 10.6 Å². The van der Waals surface area contributed by atoms with Gasteiger partial charge in [-0.2, -0.15) is 4.72 Å². The summed E-state index contributed by atoms with van der Waals surface area (Å²) in [4.78, 5) is 21.6. The number of carboxylic acids is 1. The second kappa shape index (κ2) is 7.04. The Morgan fingerprint density at radius 2 is 1.86 bits per heavy atom. The van der Waals surface area contributed by atoms with Crippen molar-refractivity contribution in [2.24, 2.45) is 0 Å². The van der Waals surface area contributed by atoms with Gasteiger partial charge in [-0.15, -0.1) is 0 Å². The molecule has 8 nitrogen and oxygen atoms in total. The molecular formula is C12H16N2O6S. The number of aliphatic carboxylic acids is 1. The molecular weight excluding hydrogens is 300 g/mol. The largest absolute Gasteiger partial charge is 0.482 e. The van der Waals surface area contributed by atoms with Crippen LogP contribution in [0.25, 0.3) is 0 Å². The number of benzene rings is 1. The van der Waals surface area contributed by atoms with E-state index in [1.807, 2.05) is 0 Å². The molecule has 0 aliphatic carbocycles. The van der Waals surface area contributed by atoms with Crippen LogP contribution in [0.5, 0.6) is 5.75 Å². The fourth-order valence-corrected chi connectivity index (χ4v) is 2.63. The molecule has 1 atom stereocenters. The highest BCUT2D eigenvalue weighted by Crippen LogP contribution is 2.16. The number of hydrogen-bond donors (Lipinski definition) is 3. The number of carbonyl (C=O) groups excluding carboxylic acids is 1. The van der Waals surface area contributed by atoms with Gasteiger partial charge >= 0.3 is 5.97 Å². The summed E-state index contributed by atoms with van der Waals surface area (Å²) in [7, 11) is -2.44. The molecule has 1 aromatic carbocycles. The van der Waals surface area contributed by atoms with Gasteiger partial charge in [-0.1, -0.05) is 0 Å². The molecule has 9 heteroatoms. The third kappa shape index (κ3) is 5.04. The zero-order chi connectivity index (χ0) is 16.0. The van der Waals surface area contributed by atoms with Crippen molar-refractivity contribution in [2.45, 2.75) is 17.9 Å². The van der Waals surface area contributed by atoms with E-state index in [1.54, 1.807) is 0 Å². The van der Waals surface area contributed by atoms with Crippen LogP contribution in [-0.4, -0.2) is 45.1 Å². The van der Waals surface area contributed by atoms with Gasteiger partial charge in [-0.3, -0.25) is 4.79 Å². The Balaban J connectivity index is 2.80. The van der Waals surface area contributed by atoms with E-state index in [9.17, 15) is 18.0 Å². The molecule has 0 saturated carbocycles. The molecule has 1 aromatic rings. The number of sulfonamides is 1. The van der Waals surface area contributed by atoms with E-state index < -0.39 is 34.5 Å². The quantitative estimate of drug-likeness (QED) is 0.627. The van der Waals surface area contributed by atoms with Gasteiger partial charge in [0.05, 0.1) is 10.9 Å². The number of amides is 1. The Hall–Kier alpha value is -2.13. The highest BCUT2D eigenvalue weighted by Gasteiger charge is 2.21. The number of carbonyl (C=O) groups is 2. The molecule has 0 bridgehead atoms. The number of likely N-dealkylation sites (N-methyl/N-ethyl adjacent to an activating group) is 1. The van der Waals surface area contributed by atoms with Crippen LogP contribution in [0, 0.1) is 0 Å². The molecule has 21 heavy (non-hydrogen) atoms. The van der Waals surface area contributed by atoms with Gasteiger partial charge in [0.2, 0.25) is 15.9 Å². The van der Waals surface area contributed by atoms with Gasteiger partial charge in [0.15, 0.2) is 6.61 Å². The fourth-order valence-electron chi connectivity index (χ4n) is 1.43. The van der Waals surface area contributed by atoms with Crippen LogP contribution < -0.4 is 14.8 Å². The fraction of sp³-hybridized carbons (Fsp3) is 0.333. The van der Waals surface area contributed by atoms with Gasteiger partial charge in [-0.05, 0) is 31.2 Å². The maximum absolute atomic E-state index is 12.0. The Morgan fingerprint density at radius 3 is 2.33 bits per heavy atom. The van der Waals surface area contributed by atoms with Crippen molar-refractivity contribution in [3.63, 3.8) is 0 Å². The first-order chi connectivity index (χ1) is 9.76. The van der Waals surface area contributed by atoms with E-state index in [4.69, 9.17) is 9.84 Å².